The number of anilines is 1. The van der Waals surface area contributed by atoms with Crippen LogP contribution in [0.4, 0.5) is 5.69 Å². The molecule has 0 spiro atoms. The zero-order valence-electron chi connectivity index (χ0n) is 16.3. The van der Waals surface area contributed by atoms with Crippen molar-refractivity contribution < 1.29 is 22.7 Å². The van der Waals surface area contributed by atoms with Crippen LogP contribution >= 0.6 is 0 Å². The number of piperidine rings is 1. The summed E-state index contributed by atoms with van der Waals surface area (Å²) in [6.45, 7) is 6.11. The van der Waals surface area contributed by atoms with Gasteiger partial charge in [0.05, 0.1) is 13.2 Å². The molecule has 1 aromatic rings. The minimum Gasteiger partial charge on any atom is -0.490 e. The number of carbonyl (C=O) groups excluding carboxylic acids is 1. The molecule has 2 N–H and O–H groups in total. The van der Waals surface area contributed by atoms with E-state index >= 15 is 0 Å². The number of sulfone groups is 1. The van der Waals surface area contributed by atoms with E-state index in [1.807, 2.05) is 13.8 Å². The highest BCUT2D eigenvalue weighted by Crippen LogP contribution is 2.33. The van der Waals surface area contributed by atoms with Crippen LogP contribution in [0.1, 0.15) is 39.5 Å². The number of ether oxygens (including phenoxy) is 2. The van der Waals surface area contributed by atoms with Gasteiger partial charge in [0.25, 0.3) is 0 Å². The zero-order valence-corrected chi connectivity index (χ0v) is 17.2. The minimum atomic E-state index is -3.56. The smallest absolute Gasteiger partial charge is 0.245 e. The summed E-state index contributed by atoms with van der Waals surface area (Å²) < 4.78 is 34.8. The average Bonchev–Trinajstić information content (AvgIpc) is 2.65. The highest BCUT2D eigenvalue weighted by molar-refractivity contribution is 7.92. The molecule has 8 heteroatoms. The quantitative estimate of drug-likeness (QED) is 0.663. The normalized spacial score (nSPS) is 16.6. The molecule has 27 heavy (non-hydrogen) atoms. The van der Waals surface area contributed by atoms with Crippen LogP contribution in [-0.2, 0) is 14.6 Å². The van der Waals surface area contributed by atoms with E-state index in [0.29, 0.717) is 43.5 Å². The van der Waals surface area contributed by atoms with Crippen LogP contribution in [-0.4, -0.2) is 51.6 Å². The molecular weight excluding hydrogens is 368 g/mol. The highest BCUT2D eigenvalue weighted by atomic mass is 32.2. The summed E-state index contributed by atoms with van der Waals surface area (Å²) in [6.07, 6.45) is 3.36. The van der Waals surface area contributed by atoms with E-state index in [2.05, 4.69) is 10.6 Å². The highest BCUT2D eigenvalue weighted by Gasteiger charge is 2.48. The second-order valence-electron chi connectivity index (χ2n) is 6.83. The fourth-order valence-electron chi connectivity index (χ4n) is 3.08. The van der Waals surface area contributed by atoms with E-state index in [-0.39, 0.29) is 12.8 Å². The molecule has 0 bridgehead atoms. The number of benzene rings is 1. The zero-order chi connectivity index (χ0) is 19.9. The average molecular weight is 399 g/mol. The molecule has 1 aliphatic rings. The van der Waals surface area contributed by atoms with Gasteiger partial charge >= 0.3 is 0 Å². The molecule has 2 rings (SSSR count). The molecule has 0 radical (unpaired) electrons. The van der Waals surface area contributed by atoms with E-state index in [0.717, 1.165) is 19.1 Å². The van der Waals surface area contributed by atoms with Crippen molar-refractivity contribution in [2.75, 3.05) is 37.9 Å². The maximum Gasteiger partial charge on any atom is 0.245 e. The van der Waals surface area contributed by atoms with Gasteiger partial charge in [0.15, 0.2) is 26.1 Å². The molecule has 0 aromatic heterocycles. The van der Waals surface area contributed by atoms with E-state index < -0.39 is 20.5 Å². The molecule has 0 unspecified atom stereocenters. The van der Waals surface area contributed by atoms with Crippen molar-refractivity contribution in [3.8, 4) is 11.5 Å². The first-order valence-corrected chi connectivity index (χ1v) is 11.3. The van der Waals surface area contributed by atoms with Crippen molar-refractivity contribution >= 4 is 21.4 Å². The van der Waals surface area contributed by atoms with Crippen LogP contribution in [0.5, 0.6) is 11.5 Å². The molecule has 152 valence electrons. The van der Waals surface area contributed by atoms with Gasteiger partial charge in [-0.3, -0.25) is 4.79 Å². The number of rotatable bonds is 9. The Hall–Kier alpha value is -1.80. The van der Waals surface area contributed by atoms with E-state index in [1.54, 1.807) is 18.2 Å². The molecule has 1 aromatic carbocycles. The number of nitrogens with one attached hydrogen (secondary N) is 2. The summed E-state index contributed by atoms with van der Waals surface area (Å²) >= 11 is 0. The Morgan fingerprint density at radius 2 is 1.70 bits per heavy atom. The number of hydrogen-bond donors (Lipinski definition) is 2. The first kappa shape index (κ1) is 21.5. The molecule has 1 saturated heterocycles. The summed E-state index contributed by atoms with van der Waals surface area (Å²) in [5.41, 5.74) is 0.497. The molecule has 0 saturated carbocycles. The first-order valence-electron chi connectivity index (χ1n) is 9.45. The van der Waals surface area contributed by atoms with Gasteiger partial charge in [-0.1, -0.05) is 13.8 Å². The second kappa shape index (κ2) is 9.41. The molecular formula is C19H30N2O5S. The van der Waals surface area contributed by atoms with Crippen LogP contribution in [0.2, 0.25) is 0 Å². The lowest BCUT2D eigenvalue weighted by Crippen LogP contribution is -2.55. The summed E-state index contributed by atoms with van der Waals surface area (Å²) in [5.74, 6) is 0.667. The third-order valence-electron chi connectivity index (χ3n) is 4.66. The number of hydrogen-bond acceptors (Lipinski definition) is 6. The summed E-state index contributed by atoms with van der Waals surface area (Å²) in [6, 6.07) is 5.14. The van der Waals surface area contributed by atoms with Gasteiger partial charge < -0.3 is 20.1 Å². The van der Waals surface area contributed by atoms with Crippen molar-refractivity contribution in [3.63, 3.8) is 0 Å². The Kier molecular flexibility index (Phi) is 7.49. The Balaban J connectivity index is 2.25. The fraction of sp³-hybridized carbons (Fsp3) is 0.632. The van der Waals surface area contributed by atoms with Gasteiger partial charge in [-0.05, 0) is 50.9 Å². The lowest BCUT2D eigenvalue weighted by Gasteiger charge is -2.34. The standard InChI is InChI=1S/C19H30N2O5S/c1-4-12-25-16-7-6-15(14-17(16)26-13-5-2)21-18(22)19(27(3,23)24)8-10-20-11-9-19/h6-7,14,20H,4-5,8-13H2,1-3H3,(H,21,22). The maximum absolute atomic E-state index is 12.9. The topological polar surface area (TPSA) is 93.7 Å². The van der Waals surface area contributed by atoms with E-state index in [9.17, 15) is 13.2 Å². The third kappa shape index (κ3) is 5.13. The van der Waals surface area contributed by atoms with Gasteiger partial charge in [-0.15, -0.1) is 0 Å². The minimum absolute atomic E-state index is 0.258. The predicted octanol–water partition coefficient (Wildman–Crippen LogP) is 2.37. The Morgan fingerprint density at radius 3 is 2.26 bits per heavy atom. The van der Waals surface area contributed by atoms with E-state index in [1.165, 1.54) is 0 Å². The van der Waals surface area contributed by atoms with Crippen LogP contribution in [0, 0.1) is 0 Å². The Labute approximate surface area is 161 Å². The molecule has 1 heterocycles. The van der Waals surface area contributed by atoms with Crippen molar-refractivity contribution in [3.05, 3.63) is 18.2 Å². The monoisotopic (exact) mass is 398 g/mol. The Bertz CT molecular complexity index is 742. The maximum atomic E-state index is 12.9. The van der Waals surface area contributed by atoms with Gasteiger partial charge in [0.1, 0.15) is 0 Å². The summed E-state index contributed by atoms with van der Waals surface area (Å²) in [4.78, 5) is 12.9. The second-order valence-corrected chi connectivity index (χ2v) is 9.15. The van der Waals surface area contributed by atoms with Crippen LogP contribution in [0.15, 0.2) is 18.2 Å². The van der Waals surface area contributed by atoms with E-state index in [4.69, 9.17) is 9.47 Å². The van der Waals surface area contributed by atoms with Crippen LogP contribution < -0.4 is 20.1 Å². The van der Waals surface area contributed by atoms with Crippen molar-refractivity contribution in [1.82, 2.24) is 5.32 Å². The first-order chi connectivity index (χ1) is 12.8. The van der Waals surface area contributed by atoms with Crippen LogP contribution in [0.3, 0.4) is 0 Å². The lowest BCUT2D eigenvalue weighted by molar-refractivity contribution is -0.119. The van der Waals surface area contributed by atoms with Gasteiger partial charge in [0.2, 0.25) is 5.91 Å². The van der Waals surface area contributed by atoms with Crippen molar-refractivity contribution in [2.24, 2.45) is 0 Å². The lowest BCUT2D eigenvalue weighted by atomic mass is 9.95. The van der Waals surface area contributed by atoms with Crippen LogP contribution in [0.25, 0.3) is 0 Å². The molecule has 1 fully saturated rings. The number of amides is 1. The fourth-order valence-corrected chi connectivity index (χ4v) is 4.42. The van der Waals surface area contributed by atoms with Gasteiger partial charge in [0, 0.05) is 18.0 Å². The summed E-state index contributed by atoms with van der Waals surface area (Å²) in [5, 5.41) is 5.89. The molecule has 7 nitrogen and oxygen atoms in total. The van der Waals surface area contributed by atoms with Gasteiger partial charge in [-0.25, -0.2) is 8.42 Å². The summed E-state index contributed by atoms with van der Waals surface area (Å²) in [7, 11) is -3.56. The molecule has 0 atom stereocenters. The third-order valence-corrected chi connectivity index (χ3v) is 6.67. The largest absolute Gasteiger partial charge is 0.490 e. The predicted molar refractivity (Wildman–Crippen MR) is 106 cm³/mol. The molecule has 1 amide bonds. The number of carbonyl (C=O) groups is 1. The van der Waals surface area contributed by atoms with Crippen molar-refractivity contribution in [1.29, 1.82) is 0 Å². The van der Waals surface area contributed by atoms with Gasteiger partial charge in [-0.2, -0.15) is 0 Å². The SMILES string of the molecule is CCCOc1ccc(NC(=O)C2(S(C)(=O)=O)CCNCC2)cc1OCCC. The van der Waals surface area contributed by atoms with Crippen molar-refractivity contribution in [2.45, 2.75) is 44.3 Å². The molecule has 1 aliphatic heterocycles. The molecule has 0 aliphatic carbocycles. The Morgan fingerprint density at radius 1 is 1.11 bits per heavy atom.